The van der Waals surface area contributed by atoms with Gasteiger partial charge in [-0.3, -0.25) is 4.79 Å². The lowest BCUT2D eigenvalue weighted by Crippen LogP contribution is -2.24. The zero-order chi connectivity index (χ0) is 20.8. The third-order valence-electron chi connectivity index (χ3n) is 4.49. The number of nitrogens with one attached hydrogen (secondary N) is 2. The second-order valence-corrected chi connectivity index (χ2v) is 6.48. The Morgan fingerprint density at radius 1 is 1.14 bits per heavy atom. The number of ether oxygens (including phenoxy) is 2. The van der Waals surface area contributed by atoms with Crippen molar-refractivity contribution in [3.05, 3.63) is 53.9 Å². The minimum absolute atomic E-state index is 0.197. The van der Waals surface area contributed by atoms with Crippen LogP contribution >= 0.6 is 0 Å². The molecule has 3 rings (SSSR count). The third-order valence-corrected chi connectivity index (χ3v) is 4.49. The first kappa shape index (κ1) is 20.3. The number of methoxy groups -OCH3 is 2. The number of nitrogens with zero attached hydrogens (tertiary/aromatic N) is 2. The number of benzene rings is 2. The Morgan fingerprint density at radius 2 is 1.83 bits per heavy atom. The molecule has 0 fully saturated rings. The van der Waals surface area contributed by atoms with Crippen molar-refractivity contribution in [2.45, 2.75) is 19.4 Å². The number of hydrogen-bond donors (Lipinski definition) is 2. The molecule has 0 bridgehead atoms. The molecule has 1 amide bonds. The maximum absolute atomic E-state index is 12.7. The summed E-state index contributed by atoms with van der Waals surface area (Å²) in [5, 5.41) is 10.1. The van der Waals surface area contributed by atoms with Crippen molar-refractivity contribution in [1.82, 2.24) is 15.5 Å². The number of carbonyl (C=O) groups excluding carboxylic acids is 1. The number of amides is 1. The average molecular weight is 396 g/mol. The van der Waals surface area contributed by atoms with E-state index in [1.807, 2.05) is 20.0 Å². The molecule has 0 aliphatic carbocycles. The Kier molecular flexibility index (Phi) is 6.46. The van der Waals surface area contributed by atoms with E-state index >= 15 is 0 Å². The van der Waals surface area contributed by atoms with Gasteiger partial charge in [0.1, 0.15) is 0 Å². The van der Waals surface area contributed by atoms with Gasteiger partial charge in [0.2, 0.25) is 0 Å². The summed E-state index contributed by atoms with van der Waals surface area (Å²) in [5.74, 6) is 1.55. The summed E-state index contributed by atoms with van der Waals surface area (Å²) in [4.78, 5) is 17.2. The molecule has 8 nitrogen and oxygen atoms in total. The topological polar surface area (TPSA) is 98.5 Å². The largest absolute Gasteiger partial charge is 0.493 e. The Hall–Kier alpha value is -3.39. The molecule has 0 saturated carbocycles. The molecule has 0 radical (unpaired) electrons. The highest BCUT2D eigenvalue weighted by Gasteiger charge is 2.20. The lowest BCUT2D eigenvalue weighted by molar-refractivity contribution is 0.102. The van der Waals surface area contributed by atoms with Crippen LogP contribution < -0.4 is 20.1 Å². The highest BCUT2D eigenvalue weighted by atomic mass is 16.5. The van der Waals surface area contributed by atoms with Gasteiger partial charge in [0, 0.05) is 24.1 Å². The van der Waals surface area contributed by atoms with Crippen LogP contribution in [0, 0.1) is 0 Å². The summed E-state index contributed by atoms with van der Waals surface area (Å²) < 4.78 is 16.2. The Labute approximate surface area is 169 Å². The molecule has 1 heterocycles. The van der Waals surface area contributed by atoms with Gasteiger partial charge in [-0.25, -0.2) is 0 Å². The number of aromatic nitrogens is 2. The summed E-state index contributed by atoms with van der Waals surface area (Å²) in [6, 6.07) is 12.5. The molecule has 1 aromatic heterocycles. The summed E-state index contributed by atoms with van der Waals surface area (Å²) in [7, 11) is 4.94. The zero-order valence-electron chi connectivity index (χ0n) is 16.9. The second-order valence-electron chi connectivity index (χ2n) is 6.48. The van der Waals surface area contributed by atoms with Crippen LogP contribution in [0.4, 0.5) is 5.69 Å². The van der Waals surface area contributed by atoms with Crippen LogP contribution in [0.2, 0.25) is 0 Å². The predicted octanol–water partition coefficient (Wildman–Crippen LogP) is 3.16. The molecule has 0 saturated heterocycles. The maximum atomic E-state index is 12.7. The minimum Gasteiger partial charge on any atom is -0.493 e. The van der Waals surface area contributed by atoms with E-state index in [0.717, 1.165) is 0 Å². The smallest absolute Gasteiger partial charge is 0.260 e. The van der Waals surface area contributed by atoms with Crippen molar-refractivity contribution < 1.29 is 18.8 Å². The van der Waals surface area contributed by atoms with Crippen molar-refractivity contribution >= 4 is 11.6 Å². The molecule has 8 heteroatoms. The lowest BCUT2D eigenvalue weighted by Gasteiger charge is -2.14. The fourth-order valence-electron chi connectivity index (χ4n) is 2.77. The summed E-state index contributed by atoms with van der Waals surface area (Å²) in [5.41, 5.74) is 1.55. The molecular formula is C21H24N4O4. The SMILES string of the molecule is CNC(C)Cc1noc(-c2cc(OC)c(OC)cc2NC(=O)c2ccccc2)n1. The number of anilines is 1. The van der Waals surface area contributed by atoms with E-state index in [4.69, 9.17) is 14.0 Å². The average Bonchev–Trinajstić information content (AvgIpc) is 3.21. The van der Waals surface area contributed by atoms with Gasteiger partial charge in [-0.1, -0.05) is 23.4 Å². The normalized spacial score (nSPS) is 11.7. The standard InChI is InChI=1S/C21H24N4O4/c1-13(22-2)10-19-24-21(29-25-19)15-11-17(27-3)18(28-4)12-16(15)23-20(26)14-8-6-5-7-9-14/h5-9,11-13,22H,10H2,1-4H3,(H,23,26). The Balaban J connectivity index is 1.99. The number of carbonyl (C=O) groups is 1. The summed E-state index contributed by atoms with van der Waals surface area (Å²) >= 11 is 0. The molecule has 1 atom stereocenters. The van der Waals surface area contributed by atoms with Gasteiger partial charge in [-0.2, -0.15) is 4.98 Å². The molecule has 29 heavy (non-hydrogen) atoms. The summed E-state index contributed by atoms with van der Waals surface area (Å²) in [6.07, 6.45) is 0.610. The lowest BCUT2D eigenvalue weighted by atomic mass is 10.1. The van der Waals surface area contributed by atoms with E-state index in [1.54, 1.807) is 36.4 Å². The molecule has 152 valence electrons. The highest BCUT2D eigenvalue weighted by Crippen LogP contribution is 2.38. The number of rotatable bonds is 8. The minimum atomic E-state index is -0.261. The van der Waals surface area contributed by atoms with Crippen LogP contribution in [0.25, 0.3) is 11.5 Å². The second kappa shape index (κ2) is 9.20. The van der Waals surface area contributed by atoms with Gasteiger partial charge in [-0.05, 0) is 32.2 Å². The fourth-order valence-corrected chi connectivity index (χ4v) is 2.77. The molecule has 0 aliphatic rings. The van der Waals surface area contributed by atoms with Gasteiger partial charge in [0.25, 0.3) is 11.8 Å². The number of hydrogen-bond acceptors (Lipinski definition) is 7. The molecule has 2 N–H and O–H groups in total. The molecule has 2 aromatic carbocycles. The van der Waals surface area contributed by atoms with Crippen molar-refractivity contribution in [1.29, 1.82) is 0 Å². The monoisotopic (exact) mass is 396 g/mol. The van der Waals surface area contributed by atoms with Crippen LogP contribution in [-0.4, -0.2) is 43.4 Å². The Morgan fingerprint density at radius 3 is 2.48 bits per heavy atom. The van der Waals surface area contributed by atoms with Gasteiger partial charge < -0.3 is 24.6 Å². The fraction of sp³-hybridized carbons (Fsp3) is 0.286. The predicted molar refractivity (Wildman–Crippen MR) is 109 cm³/mol. The van der Waals surface area contributed by atoms with Crippen molar-refractivity contribution in [2.24, 2.45) is 0 Å². The zero-order valence-corrected chi connectivity index (χ0v) is 16.9. The van der Waals surface area contributed by atoms with Gasteiger partial charge in [-0.15, -0.1) is 0 Å². The van der Waals surface area contributed by atoms with Gasteiger partial charge in [0.15, 0.2) is 17.3 Å². The van der Waals surface area contributed by atoms with E-state index in [9.17, 15) is 4.79 Å². The summed E-state index contributed by atoms with van der Waals surface area (Å²) in [6.45, 7) is 2.03. The van der Waals surface area contributed by atoms with Gasteiger partial charge in [0.05, 0.1) is 25.5 Å². The third kappa shape index (κ3) is 4.72. The first-order valence-electron chi connectivity index (χ1n) is 9.18. The van der Waals surface area contributed by atoms with Crippen LogP contribution in [0.15, 0.2) is 47.0 Å². The molecule has 1 unspecified atom stereocenters. The van der Waals surface area contributed by atoms with Crippen molar-refractivity contribution in [2.75, 3.05) is 26.6 Å². The van der Waals surface area contributed by atoms with E-state index < -0.39 is 0 Å². The first-order valence-corrected chi connectivity index (χ1v) is 9.18. The molecule has 0 spiro atoms. The van der Waals surface area contributed by atoms with E-state index in [2.05, 4.69) is 20.8 Å². The first-order chi connectivity index (χ1) is 14.0. The van der Waals surface area contributed by atoms with Crippen molar-refractivity contribution in [3.63, 3.8) is 0 Å². The maximum Gasteiger partial charge on any atom is 0.260 e. The van der Waals surface area contributed by atoms with Crippen LogP contribution in [0.3, 0.4) is 0 Å². The van der Waals surface area contributed by atoms with E-state index in [-0.39, 0.29) is 17.8 Å². The molecule has 0 aliphatic heterocycles. The molecular weight excluding hydrogens is 372 g/mol. The van der Waals surface area contributed by atoms with Gasteiger partial charge >= 0.3 is 0 Å². The van der Waals surface area contributed by atoms with E-state index in [0.29, 0.717) is 40.6 Å². The van der Waals surface area contributed by atoms with Crippen molar-refractivity contribution in [3.8, 4) is 23.0 Å². The van der Waals surface area contributed by atoms with Crippen LogP contribution in [0.1, 0.15) is 23.1 Å². The highest BCUT2D eigenvalue weighted by molar-refractivity contribution is 6.06. The Bertz CT molecular complexity index is 972. The van der Waals surface area contributed by atoms with Crippen LogP contribution in [-0.2, 0) is 6.42 Å². The van der Waals surface area contributed by atoms with Crippen LogP contribution in [0.5, 0.6) is 11.5 Å². The number of likely N-dealkylation sites (N-methyl/N-ethyl adjacent to an activating group) is 1. The quantitative estimate of drug-likeness (QED) is 0.603. The van der Waals surface area contributed by atoms with E-state index in [1.165, 1.54) is 14.2 Å². The molecule has 3 aromatic rings.